The van der Waals surface area contributed by atoms with Gasteiger partial charge in [0.15, 0.2) is 5.78 Å². The first-order valence-electron chi connectivity index (χ1n) is 8.69. The Hall–Kier alpha value is -1.89. The summed E-state index contributed by atoms with van der Waals surface area (Å²) in [6, 6.07) is 4.40. The van der Waals surface area contributed by atoms with Gasteiger partial charge in [-0.25, -0.2) is 0 Å². The van der Waals surface area contributed by atoms with Gasteiger partial charge >= 0.3 is 0 Å². The molecule has 1 nitrogen and oxygen atoms in total. The first-order chi connectivity index (χ1) is 11.0. The average molecular weight is 306 g/mol. The zero-order valence-corrected chi connectivity index (χ0v) is 14.7. The number of benzene rings is 1. The van der Waals surface area contributed by atoms with E-state index in [9.17, 15) is 4.79 Å². The molecule has 0 fully saturated rings. The van der Waals surface area contributed by atoms with Gasteiger partial charge in [0.2, 0.25) is 0 Å². The number of carbonyl (C=O) groups is 1. The molecule has 1 atom stereocenters. The summed E-state index contributed by atoms with van der Waals surface area (Å²) in [5.74, 6) is 0.749. The minimum absolute atomic E-state index is 0.280. The maximum absolute atomic E-state index is 12.6. The van der Waals surface area contributed by atoms with Crippen LogP contribution in [0.5, 0.6) is 0 Å². The lowest BCUT2D eigenvalue weighted by Crippen LogP contribution is -2.01. The van der Waals surface area contributed by atoms with Gasteiger partial charge in [-0.05, 0) is 68.2 Å². The standard InChI is InChI=1S/C22H26O/c1-14-11-15(2)17(4)18(12-14)7-5-10-22(23)21-13-16(3)19-8-6-9-20(19)21/h5,7,11-13,16H,6,8-10H2,1-4H3/b7-5+. The highest BCUT2D eigenvalue weighted by Crippen LogP contribution is 2.42. The third-order valence-electron chi connectivity index (χ3n) is 5.30. The third kappa shape index (κ3) is 3.10. The van der Waals surface area contributed by atoms with Crippen LogP contribution in [0.1, 0.15) is 54.9 Å². The normalized spacial score (nSPS) is 20.3. The highest BCUT2D eigenvalue weighted by atomic mass is 16.1. The van der Waals surface area contributed by atoms with Gasteiger partial charge in [0, 0.05) is 12.0 Å². The first kappa shape index (κ1) is 16.0. The van der Waals surface area contributed by atoms with Crippen LogP contribution in [0.15, 0.2) is 41.0 Å². The Morgan fingerprint density at radius 2 is 2.00 bits per heavy atom. The van der Waals surface area contributed by atoms with Crippen LogP contribution in [0.3, 0.4) is 0 Å². The van der Waals surface area contributed by atoms with Crippen LogP contribution < -0.4 is 0 Å². The minimum Gasteiger partial charge on any atom is -0.294 e. The van der Waals surface area contributed by atoms with Gasteiger partial charge in [-0.2, -0.15) is 0 Å². The Morgan fingerprint density at radius 3 is 2.78 bits per heavy atom. The Labute approximate surface area is 139 Å². The topological polar surface area (TPSA) is 17.1 Å². The molecule has 0 heterocycles. The number of Topliss-reactive ketones (excluding diaryl/α,β-unsaturated/α-hetero) is 1. The highest BCUT2D eigenvalue weighted by Gasteiger charge is 2.29. The van der Waals surface area contributed by atoms with Crippen molar-refractivity contribution < 1.29 is 4.79 Å². The van der Waals surface area contributed by atoms with Gasteiger partial charge in [-0.15, -0.1) is 0 Å². The van der Waals surface area contributed by atoms with Gasteiger partial charge in [0.05, 0.1) is 0 Å². The molecule has 120 valence electrons. The molecule has 1 aromatic rings. The molecule has 2 aliphatic rings. The SMILES string of the molecule is Cc1cc(C)c(C)c(/C=C/CC(=O)C2=CC(C)C3=C2CCC3)c1. The third-order valence-corrected chi connectivity index (χ3v) is 5.30. The molecule has 3 rings (SSSR count). The van der Waals surface area contributed by atoms with E-state index in [1.165, 1.54) is 46.2 Å². The fraction of sp³-hybridized carbons (Fsp3) is 0.409. The summed E-state index contributed by atoms with van der Waals surface area (Å²) in [6.07, 6.45) is 10.3. The fourth-order valence-electron chi connectivity index (χ4n) is 3.94. The second kappa shape index (κ2) is 6.31. The molecule has 0 radical (unpaired) electrons. The lowest BCUT2D eigenvalue weighted by atomic mass is 9.98. The lowest BCUT2D eigenvalue weighted by Gasteiger charge is -2.07. The molecule has 0 saturated carbocycles. The van der Waals surface area contributed by atoms with Crippen molar-refractivity contribution in [1.29, 1.82) is 0 Å². The highest BCUT2D eigenvalue weighted by molar-refractivity contribution is 6.02. The van der Waals surface area contributed by atoms with Crippen LogP contribution in [-0.2, 0) is 4.79 Å². The zero-order chi connectivity index (χ0) is 16.6. The number of carbonyl (C=O) groups excluding carboxylic acids is 1. The maximum Gasteiger partial charge on any atom is 0.166 e. The number of hydrogen-bond acceptors (Lipinski definition) is 1. The van der Waals surface area contributed by atoms with Crippen molar-refractivity contribution in [2.45, 2.75) is 53.4 Å². The van der Waals surface area contributed by atoms with E-state index in [2.05, 4.69) is 52.0 Å². The van der Waals surface area contributed by atoms with E-state index in [0.717, 1.165) is 12.0 Å². The summed E-state index contributed by atoms with van der Waals surface area (Å²) < 4.78 is 0. The quantitative estimate of drug-likeness (QED) is 0.703. The number of allylic oxidation sites excluding steroid dienone is 5. The molecule has 23 heavy (non-hydrogen) atoms. The maximum atomic E-state index is 12.6. The summed E-state index contributed by atoms with van der Waals surface area (Å²) in [4.78, 5) is 12.6. The minimum atomic E-state index is 0.280. The molecule has 0 bridgehead atoms. The molecule has 1 aromatic carbocycles. The van der Waals surface area contributed by atoms with E-state index in [4.69, 9.17) is 0 Å². The summed E-state index contributed by atoms with van der Waals surface area (Å²) in [5, 5.41) is 0. The molecule has 0 aliphatic heterocycles. The molecule has 1 heteroatoms. The second-order valence-corrected chi connectivity index (χ2v) is 7.05. The molecule has 0 spiro atoms. The van der Waals surface area contributed by atoms with E-state index >= 15 is 0 Å². The Bertz CT molecular complexity index is 743. The number of hydrogen-bond donors (Lipinski definition) is 0. The molecular weight excluding hydrogens is 280 g/mol. The van der Waals surface area contributed by atoms with Crippen LogP contribution in [0, 0.1) is 26.7 Å². The number of aryl methyl sites for hydroxylation is 2. The van der Waals surface area contributed by atoms with Crippen molar-refractivity contribution in [2.24, 2.45) is 5.92 Å². The molecule has 2 aliphatic carbocycles. The Balaban J connectivity index is 1.72. The lowest BCUT2D eigenvalue weighted by molar-refractivity contribution is -0.114. The zero-order valence-electron chi connectivity index (χ0n) is 14.7. The summed E-state index contributed by atoms with van der Waals surface area (Å²) >= 11 is 0. The molecule has 0 aromatic heterocycles. The van der Waals surface area contributed by atoms with Crippen molar-refractivity contribution in [3.8, 4) is 0 Å². The van der Waals surface area contributed by atoms with E-state index in [1.54, 1.807) is 0 Å². The molecule has 0 saturated heterocycles. The van der Waals surface area contributed by atoms with E-state index in [-0.39, 0.29) is 5.78 Å². The van der Waals surface area contributed by atoms with Crippen molar-refractivity contribution in [3.05, 3.63) is 63.3 Å². The predicted molar refractivity (Wildman–Crippen MR) is 97.4 cm³/mol. The van der Waals surface area contributed by atoms with Gasteiger partial charge in [0.1, 0.15) is 0 Å². The summed E-state index contributed by atoms with van der Waals surface area (Å²) in [5.41, 5.74) is 8.99. The second-order valence-electron chi connectivity index (χ2n) is 7.05. The van der Waals surface area contributed by atoms with E-state index < -0.39 is 0 Å². The van der Waals surface area contributed by atoms with Crippen molar-refractivity contribution in [2.75, 3.05) is 0 Å². The van der Waals surface area contributed by atoms with Crippen molar-refractivity contribution in [3.63, 3.8) is 0 Å². The average Bonchev–Trinajstić information content (AvgIpc) is 3.08. The predicted octanol–water partition coefficient (Wildman–Crippen LogP) is 5.64. The monoisotopic (exact) mass is 306 g/mol. The van der Waals surface area contributed by atoms with Crippen LogP contribution in [0.4, 0.5) is 0 Å². The van der Waals surface area contributed by atoms with Crippen LogP contribution >= 0.6 is 0 Å². The Morgan fingerprint density at radius 1 is 1.22 bits per heavy atom. The Kier molecular flexibility index (Phi) is 4.39. The van der Waals surface area contributed by atoms with Gasteiger partial charge < -0.3 is 0 Å². The van der Waals surface area contributed by atoms with Crippen LogP contribution in [0.25, 0.3) is 6.08 Å². The van der Waals surface area contributed by atoms with E-state index in [1.807, 2.05) is 6.08 Å². The van der Waals surface area contributed by atoms with Gasteiger partial charge in [-0.1, -0.05) is 48.4 Å². The molecular formula is C22H26O. The van der Waals surface area contributed by atoms with Crippen LogP contribution in [-0.4, -0.2) is 5.78 Å². The van der Waals surface area contributed by atoms with Gasteiger partial charge in [0.25, 0.3) is 0 Å². The molecule has 0 amide bonds. The smallest absolute Gasteiger partial charge is 0.166 e. The van der Waals surface area contributed by atoms with Crippen molar-refractivity contribution >= 4 is 11.9 Å². The first-order valence-corrected chi connectivity index (χ1v) is 8.69. The van der Waals surface area contributed by atoms with Crippen molar-refractivity contribution in [1.82, 2.24) is 0 Å². The summed E-state index contributed by atoms with van der Waals surface area (Å²) in [6.45, 7) is 8.63. The van der Waals surface area contributed by atoms with Gasteiger partial charge in [-0.3, -0.25) is 4.79 Å². The van der Waals surface area contributed by atoms with E-state index in [0.29, 0.717) is 12.3 Å². The van der Waals surface area contributed by atoms with Crippen LogP contribution in [0.2, 0.25) is 0 Å². The molecule has 0 N–H and O–H groups in total. The number of ketones is 1. The molecule has 1 unspecified atom stereocenters. The number of rotatable bonds is 4. The summed E-state index contributed by atoms with van der Waals surface area (Å²) in [7, 11) is 0. The fourth-order valence-corrected chi connectivity index (χ4v) is 3.94. The largest absolute Gasteiger partial charge is 0.294 e.